The fourth-order valence-electron chi connectivity index (χ4n) is 2.80. The standard InChI is InChI=1S/C20H18N2O3S2/c1-13-7-8-16(27-13)12-22(11-15-5-3-9-24-15)20(23)18-14(2)25-19(21-18)17-6-4-10-26-17/h3-10H,11-12H2,1-2H3. The molecule has 27 heavy (non-hydrogen) atoms. The third-order valence-corrected chi connectivity index (χ3v) is 5.93. The fourth-order valence-corrected chi connectivity index (χ4v) is 4.35. The van der Waals surface area contributed by atoms with Gasteiger partial charge in [-0.3, -0.25) is 4.79 Å². The molecule has 0 saturated carbocycles. The van der Waals surface area contributed by atoms with Gasteiger partial charge in [-0.15, -0.1) is 22.7 Å². The van der Waals surface area contributed by atoms with Crippen LogP contribution < -0.4 is 0 Å². The molecule has 0 aliphatic heterocycles. The number of aryl methyl sites for hydroxylation is 2. The van der Waals surface area contributed by atoms with Gasteiger partial charge in [0.25, 0.3) is 5.91 Å². The van der Waals surface area contributed by atoms with Gasteiger partial charge in [0.1, 0.15) is 11.5 Å². The topological polar surface area (TPSA) is 59.5 Å². The number of hydrogen-bond acceptors (Lipinski definition) is 6. The third-order valence-electron chi connectivity index (χ3n) is 4.09. The van der Waals surface area contributed by atoms with E-state index < -0.39 is 0 Å². The molecule has 0 aliphatic carbocycles. The van der Waals surface area contributed by atoms with E-state index in [0.29, 0.717) is 30.4 Å². The number of hydrogen-bond donors (Lipinski definition) is 0. The molecule has 0 aliphatic rings. The average Bonchev–Trinajstić information content (AvgIpc) is 3.42. The number of thiophene rings is 2. The summed E-state index contributed by atoms with van der Waals surface area (Å²) >= 11 is 3.21. The van der Waals surface area contributed by atoms with E-state index in [2.05, 4.69) is 24.0 Å². The summed E-state index contributed by atoms with van der Waals surface area (Å²) in [4.78, 5) is 22.7. The molecule has 5 nitrogen and oxygen atoms in total. The van der Waals surface area contributed by atoms with Crippen LogP contribution in [0.3, 0.4) is 0 Å². The van der Waals surface area contributed by atoms with Crippen LogP contribution in [-0.2, 0) is 13.1 Å². The molecule has 1 amide bonds. The van der Waals surface area contributed by atoms with Crippen molar-refractivity contribution in [3.05, 3.63) is 75.0 Å². The summed E-state index contributed by atoms with van der Waals surface area (Å²) in [5.41, 5.74) is 0.346. The predicted octanol–water partition coefficient (Wildman–Crippen LogP) is 5.52. The van der Waals surface area contributed by atoms with Crippen molar-refractivity contribution in [2.45, 2.75) is 26.9 Å². The average molecular weight is 399 g/mol. The van der Waals surface area contributed by atoms with E-state index in [1.807, 2.05) is 29.6 Å². The van der Waals surface area contributed by atoms with Crippen LogP contribution >= 0.6 is 22.7 Å². The Bertz CT molecular complexity index is 1030. The third kappa shape index (κ3) is 3.89. The van der Waals surface area contributed by atoms with Crippen LogP contribution in [0.25, 0.3) is 10.8 Å². The Balaban J connectivity index is 1.63. The Kier molecular flexibility index (Phi) is 4.96. The second-order valence-corrected chi connectivity index (χ2v) is 8.47. The van der Waals surface area contributed by atoms with Gasteiger partial charge >= 0.3 is 0 Å². The minimum Gasteiger partial charge on any atom is -0.467 e. The molecule has 0 spiro atoms. The zero-order valence-corrected chi connectivity index (χ0v) is 16.6. The highest BCUT2D eigenvalue weighted by Gasteiger charge is 2.25. The smallest absolute Gasteiger partial charge is 0.276 e. The van der Waals surface area contributed by atoms with Crippen molar-refractivity contribution in [3.8, 4) is 10.8 Å². The monoisotopic (exact) mass is 398 g/mol. The number of furan rings is 1. The number of amides is 1. The normalized spacial score (nSPS) is 11.0. The Morgan fingerprint density at radius 3 is 2.70 bits per heavy atom. The maximum atomic E-state index is 13.3. The van der Waals surface area contributed by atoms with Gasteiger partial charge in [0, 0.05) is 9.75 Å². The van der Waals surface area contributed by atoms with Crippen LogP contribution in [0.4, 0.5) is 0 Å². The van der Waals surface area contributed by atoms with Crippen LogP contribution in [0.15, 0.2) is 56.9 Å². The molecule has 4 aromatic rings. The lowest BCUT2D eigenvalue weighted by atomic mass is 10.2. The zero-order chi connectivity index (χ0) is 18.8. The summed E-state index contributed by atoms with van der Waals surface area (Å²) in [5.74, 6) is 1.57. The summed E-state index contributed by atoms with van der Waals surface area (Å²) < 4.78 is 11.2. The van der Waals surface area contributed by atoms with E-state index in [-0.39, 0.29) is 5.91 Å². The van der Waals surface area contributed by atoms with Gasteiger partial charge in [-0.1, -0.05) is 6.07 Å². The van der Waals surface area contributed by atoms with E-state index in [1.165, 1.54) is 16.2 Å². The minimum absolute atomic E-state index is 0.165. The van der Waals surface area contributed by atoms with Crippen LogP contribution in [0.2, 0.25) is 0 Å². The minimum atomic E-state index is -0.165. The van der Waals surface area contributed by atoms with Crippen molar-refractivity contribution in [2.75, 3.05) is 0 Å². The Labute approximate surface area is 164 Å². The SMILES string of the molecule is Cc1ccc(CN(Cc2ccco2)C(=O)c2nc(-c3cccs3)oc2C)s1. The Morgan fingerprint density at radius 2 is 2.04 bits per heavy atom. The van der Waals surface area contributed by atoms with Gasteiger partial charge in [0.2, 0.25) is 5.89 Å². The number of carbonyl (C=O) groups excluding carboxylic acids is 1. The number of aromatic nitrogens is 1. The first-order valence-electron chi connectivity index (χ1n) is 8.48. The fraction of sp³-hybridized carbons (Fsp3) is 0.200. The van der Waals surface area contributed by atoms with Gasteiger partial charge in [-0.05, 0) is 49.6 Å². The predicted molar refractivity (Wildman–Crippen MR) is 106 cm³/mol. The van der Waals surface area contributed by atoms with Crippen molar-refractivity contribution in [1.29, 1.82) is 0 Å². The van der Waals surface area contributed by atoms with E-state index in [9.17, 15) is 4.79 Å². The largest absolute Gasteiger partial charge is 0.467 e. The second kappa shape index (κ2) is 7.54. The number of oxazole rings is 1. The molecule has 0 unspecified atom stereocenters. The Hall–Kier alpha value is -2.64. The molecular weight excluding hydrogens is 380 g/mol. The molecule has 4 rings (SSSR count). The molecule has 0 atom stereocenters. The second-order valence-electron chi connectivity index (χ2n) is 6.15. The molecule has 7 heteroatoms. The molecule has 0 bridgehead atoms. The van der Waals surface area contributed by atoms with Gasteiger partial charge in [0.05, 0.1) is 24.2 Å². The summed E-state index contributed by atoms with van der Waals surface area (Å²) in [6.45, 7) is 4.71. The summed E-state index contributed by atoms with van der Waals surface area (Å²) in [6.07, 6.45) is 1.61. The quantitative estimate of drug-likeness (QED) is 0.429. The zero-order valence-electron chi connectivity index (χ0n) is 15.0. The Morgan fingerprint density at radius 1 is 1.15 bits per heavy atom. The van der Waals surface area contributed by atoms with Crippen LogP contribution in [0, 0.1) is 13.8 Å². The molecule has 4 aromatic heterocycles. The van der Waals surface area contributed by atoms with Gasteiger partial charge in [-0.25, -0.2) is 4.98 Å². The highest BCUT2D eigenvalue weighted by atomic mass is 32.1. The molecular formula is C20H18N2O3S2. The molecule has 0 saturated heterocycles. The van der Waals surface area contributed by atoms with Crippen LogP contribution in [0.1, 0.15) is 31.8 Å². The van der Waals surface area contributed by atoms with E-state index >= 15 is 0 Å². The maximum Gasteiger partial charge on any atom is 0.276 e. The summed E-state index contributed by atoms with van der Waals surface area (Å²) in [7, 11) is 0. The first-order chi connectivity index (χ1) is 13.1. The van der Waals surface area contributed by atoms with Crippen molar-refractivity contribution >= 4 is 28.6 Å². The summed E-state index contributed by atoms with van der Waals surface area (Å²) in [5, 5.41) is 1.96. The van der Waals surface area contributed by atoms with Crippen LogP contribution in [0.5, 0.6) is 0 Å². The van der Waals surface area contributed by atoms with Gasteiger partial charge in [-0.2, -0.15) is 0 Å². The first kappa shape index (κ1) is 17.8. The molecule has 0 fully saturated rings. The van der Waals surface area contributed by atoms with Crippen LogP contribution in [-0.4, -0.2) is 15.8 Å². The molecule has 0 aromatic carbocycles. The number of carbonyl (C=O) groups is 1. The van der Waals surface area contributed by atoms with Gasteiger partial charge < -0.3 is 13.7 Å². The molecule has 4 heterocycles. The summed E-state index contributed by atoms with van der Waals surface area (Å²) in [6, 6.07) is 11.7. The first-order valence-corrected chi connectivity index (χ1v) is 10.2. The molecule has 138 valence electrons. The van der Waals surface area contributed by atoms with Crippen molar-refractivity contribution in [2.24, 2.45) is 0 Å². The lowest BCUT2D eigenvalue weighted by Gasteiger charge is -2.20. The van der Waals surface area contributed by atoms with E-state index in [0.717, 1.165) is 15.5 Å². The van der Waals surface area contributed by atoms with Crippen molar-refractivity contribution in [3.63, 3.8) is 0 Å². The van der Waals surface area contributed by atoms with E-state index in [1.54, 1.807) is 29.4 Å². The molecule has 0 N–H and O–H groups in total. The van der Waals surface area contributed by atoms with Crippen molar-refractivity contribution in [1.82, 2.24) is 9.88 Å². The highest BCUT2D eigenvalue weighted by Crippen LogP contribution is 2.27. The van der Waals surface area contributed by atoms with Gasteiger partial charge in [0.15, 0.2) is 5.69 Å². The van der Waals surface area contributed by atoms with Crippen molar-refractivity contribution < 1.29 is 13.6 Å². The number of nitrogens with zero attached hydrogens (tertiary/aromatic N) is 2. The maximum absolute atomic E-state index is 13.3. The highest BCUT2D eigenvalue weighted by molar-refractivity contribution is 7.13. The number of rotatable bonds is 6. The molecule has 0 radical (unpaired) electrons. The lowest BCUT2D eigenvalue weighted by Crippen LogP contribution is -2.30. The van der Waals surface area contributed by atoms with E-state index in [4.69, 9.17) is 8.83 Å². The lowest BCUT2D eigenvalue weighted by molar-refractivity contribution is 0.0712.